The number of aldehydes is 1. The molecule has 0 heterocycles. The summed E-state index contributed by atoms with van der Waals surface area (Å²) in [7, 11) is 0. The Kier molecular flexibility index (Phi) is 5.22. The van der Waals surface area contributed by atoms with Gasteiger partial charge in [0.05, 0.1) is 6.04 Å². The van der Waals surface area contributed by atoms with Crippen LogP contribution in [0.3, 0.4) is 0 Å². The summed E-state index contributed by atoms with van der Waals surface area (Å²) in [6.45, 7) is 1.63. The smallest absolute Gasteiger partial charge is 0.251 e. The average Bonchev–Trinajstić information content (AvgIpc) is 2.19. The summed E-state index contributed by atoms with van der Waals surface area (Å²) in [4.78, 5) is 21.6. The first kappa shape index (κ1) is 12.4. The summed E-state index contributed by atoms with van der Waals surface area (Å²) in [6.07, 6.45) is 0.695. The van der Waals surface area contributed by atoms with Gasteiger partial charge in [-0.25, -0.2) is 0 Å². The molecule has 76 valence electrons. The third-order valence-corrected chi connectivity index (χ3v) is 1.60. The summed E-state index contributed by atoms with van der Waals surface area (Å²) in [5.74, 6) is -0.222. The van der Waals surface area contributed by atoms with Crippen LogP contribution in [-0.2, 0) is 4.79 Å². The number of hydrogen-bond donors (Lipinski definition) is 1. The van der Waals surface area contributed by atoms with E-state index < -0.39 is 6.04 Å². The highest BCUT2D eigenvalue weighted by Gasteiger charge is 2.06. The zero-order valence-electron chi connectivity index (χ0n) is 7.36. The zero-order chi connectivity index (χ0) is 9.68. The first-order valence-corrected chi connectivity index (χ1v) is 4.05. The summed E-state index contributed by atoms with van der Waals surface area (Å²) in [5, 5.41) is 2.54. The Morgan fingerprint density at radius 2 is 1.93 bits per heavy atom. The molecule has 1 amide bonds. The van der Waals surface area contributed by atoms with Crippen molar-refractivity contribution in [1.82, 2.24) is 5.32 Å². The van der Waals surface area contributed by atoms with Gasteiger partial charge in [-0.3, -0.25) is 4.79 Å². The molecule has 14 heavy (non-hydrogen) atoms. The van der Waals surface area contributed by atoms with Crippen LogP contribution in [0.2, 0.25) is 0 Å². The van der Waals surface area contributed by atoms with Crippen molar-refractivity contribution < 1.29 is 9.59 Å². The lowest BCUT2D eigenvalue weighted by Crippen LogP contribution is -2.33. The van der Waals surface area contributed by atoms with Crippen LogP contribution < -0.4 is 5.32 Å². The number of nitrogens with one attached hydrogen (secondary N) is 1. The normalized spacial score (nSPS) is 10.9. The maximum atomic E-state index is 11.3. The van der Waals surface area contributed by atoms with Crippen molar-refractivity contribution in [2.45, 2.75) is 20.4 Å². The first-order valence-electron chi connectivity index (χ1n) is 4.05. The van der Waals surface area contributed by atoms with Crippen molar-refractivity contribution >= 4 is 12.2 Å². The molecule has 0 fully saturated rings. The van der Waals surface area contributed by atoms with Gasteiger partial charge in [-0.2, -0.15) is 0 Å². The van der Waals surface area contributed by atoms with Gasteiger partial charge in [0, 0.05) is 5.56 Å². The van der Waals surface area contributed by atoms with Crippen molar-refractivity contribution in [3.63, 3.8) is 0 Å². The van der Waals surface area contributed by atoms with Gasteiger partial charge in [-0.1, -0.05) is 25.6 Å². The second-order valence-corrected chi connectivity index (χ2v) is 2.76. The van der Waals surface area contributed by atoms with E-state index in [1.165, 1.54) is 0 Å². The highest BCUT2D eigenvalue weighted by atomic mass is 16.2. The van der Waals surface area contributed by atoms with Crippen molar-refractivity contribution in [3.8, 4) is 0 Å². The molecule has 0 aliphatic heterocycles. The number of carbonyl (C=O) groups excluding carboxylic acids is 2. The molecule has 0 aromatic heterocycles. The monoisotopic (exact) mass is 193 g/mol. The van der Waals surface area contributed by atoms with Crippen LogP contribution in [-0.4, -0.2) is 18.2 Å². The topological polar surface area (TPSA) is 46.2 Å². The van der Waals surface area contributed by atoms with Gasteiger partial charge in [-0.15, -0.1) is 0 Å². The van der Waals surface area contributed by atoms with Crippen LogP contribution in [0.25, 0.3) is 0 Å². The molecule has 0 spiro atoms. The number of hydrogen-bond acceptors (Lipinski definition) is 2. The third-order valence-electron chi connectivity index (χ3n) is 1.60. The van der Waals surface area contributed by atoms with Crippen molar-refractivity contribution in [1.29, 1.82) is 0 Å². The molecule has 1 aromatic carbocycles. The van der Waals surface area contributed by atoms with E-state index in [1.54, 1.807) is 31.2 Å². The molecule has 1 aromatic rings. The number of carbonyl (C=O) groups is 2. The Bertz CT molecular complexity index is 295. The molecular formula is C11H15NO2. The predicted octanol–water partition coefficient (Wildman–Crippen LogP) is 1.64. The zero-order valence-corrected chi connectivity index (χ0v) is 7.36. The molecule has 1 N–H and O–H groups in total. The Balaban J connectivity index is 0.00000169. The Morgan fingerprint density at radius 3 is 2.43 bits per heavy atom. The van der Waals surface area contributed by atoms with Crippen LogP contribution in [0, 0.1) is 0 Å². The van der Waals surface area contributed by atoms with Gasteiger partial charge in [0.15, 0.2) is 0 Å². The minimum absolute atomic E-state index is 0. The molecule has 0 aliphatic rings. The molecule has 1 atom stereocenters. The fraction of sp³-hybridized carbons (Fsp3) is 0.273. The summed E-state index contributed by atoms with van der Waals surface area (Å²) in [5.41, 5.74) is 0.566. The number of benzene rings is 1. The van der Waals surface area contributed by atoms with E-state index in [1.807, 2.05) is 6.07 Å². The van der Waals surface area contributed by atoms with Crippen LogP contribution >= 0.6 is 0 Å². The maximum Gasteiger partial charge on any atom is 0.251 e. The van der Waals surface area contributed by atoms with E-state index in [2.05, 4.69) is 5.32 Å². The largest absolute Gasteiger partial charge is 0.343 e. The van der Waals surface area contributed by atoms with Crippen LogP contribution in [0.1, 0.15) is 24.7 Å². The fourth-order valence-corrected chi connectivity index (χ4v) is 0.914. The molecule has 0 saturated carbocycles. The average molecular weight is 193 g/mol. The lowest BCUT2D eigenvalue weighted by atomic mass is 10.2. The lowest BCUT2D eigenvalue weighted by Gasteiger charge is -2.06. The van der Waals surface area contributed by atoms with Gasteiger partial charge in [0.2, 0.25) is 0 Å². The van der Waals surface area contributed by atoms with Crippen molar-refractivity contribution in [2.75, 3.05) is 0 Å². The summed E-state index contributed by atoms with van der Waals surface area (Å²) in [6, 6.07) is 8.35. The fourth-order valence-electron chi connectivity index (χ4n) is 0.914. The van der Waals surface area contributed by atoms with Gasteiger partial charge < -0.3 is 10.1 Å². The number of amides is 1. The van der Waals surface area contributed by atoms with E-state index in [0.29, 0.717) is 11.8 Å². The van der Waals surface area contributed by atoms with Crippen LogP contribution in [0.4, 0.5) is 0 Å². The molecular weight excluding hydrogens is 178 g/mol. The van der Waals surface area contributed by atoms with Crippen LogP contribution in [0.5, 0.6) is 0 Å². The Hall–Kier alpha value is -1.64. The second kappa shape index (κ2) is 5.91. The predicted molar refractivity (Wildman–Crippen MR) is 56.2 cm³/mol. The van der Waals surface area contributed by atoms with Crippen LogP contribution in [0.15, 0.2) is 30.3 Å². The molecule has 1 unspecified atom stereocenters. The van der Waals surface area contributed by atoms with E-state index >= 15 is 0 Å². The molecule has 3 heteroatoms. The number of rotatable bonds is 3. The molecule has 0 aliphatic carbocycles. The van der Waals surface area contributed by atoms with Gasteiger partial charge in [0.25, 0.3) is 5.91 Å². The van der Waals surface area contributed by atoms with Crippen molar-refractivity contribution in [3.05, 3.63) is 35.9 Å². The molecule has 1 rings (SSSR count). The van der Waals surface area contributed by atoms with Gasteiger partial charge >= 0.3 is 0 Å². The Morgan fingerprint density at radius 1 is 1.36 bits per heavy atom. The van der Waals surface area contributed by atoms with Gasteiger partial charge in [-0.05, 0) is 19.1 Å². The Labute approximate surface area is 84.1 Å². The minimum Gasteiger partial charge on any atom is -0.343 e. The quantitative estimate of drug-likeness (QED) is 0.742. The molecule has 0 radical (unpaired) electrons. The lowest BCUT2D eigenvalue weighted by molar-refractivity contribution is -0.109. The van der Waals surface area contributed by atoms with E-state index in [4.69, 9.17) is 0 Å². The maximum absolute atomic E-state index is 11.3. The van der Waals surface area contributed by atoms with Gasteiger partial charge in [0.1, 0.15) is 6.29 Å². The SMILES string of the molecule is C.CC(C=O)NC(=O)c1ccccc1. The first-order chi connectivity index (χ1) is 6.24. The van der Waals surface area contributed by atoms with E-state index in [9.17, 15) is 9.59 Å². The molecule has 0 saturated heterocycles. The standard InChI is InChI=1S/C10H11NO2.CH4/c1-8(7-12)11-10(13)9-5-3-2-4-6-9;/h2-8H,1H3,(H,11,13);1H4. The highest BCUT2D eigenvalue weighted by molar-refractivity contribution is 5.95. The second-order valence-electron chi connectivity index (χ2n) is 2.76. The minimum atomic E-state index is -0.437. The molecule has 0 bridgehead atoms. The van der Waals surface area contributed by atoms with E-state index in [-0.39, 0.29) is 13.3 Å². The highest BCUT2D eigenvalue weighted by Crippen LogP contribution is 1.97. The molecule has 3 nitrogen and oxygen atoms in total. The van der Waals surface area contributed by atoms with E-state index in [0.717, 1.165) is 0 Å². The summed E-state index contributed by atoms with van der Waals surface area (Å²) < 4.78 is 0. The summed E-state index contributed by atoms with van der Waals surface area (Å²) >= 11 is 0. The third kappa shape index (κ3) is 3.39. The van der Waals surface area contributed by atoms with Crippen molar-refractivity contribution in [2.24, 2.45) is 0 Å².